The predicted octanol–water partition coefficient (Wildman–Crippen LogP) is 0.439. The Labute approximate surface area is 155 Å². The van der Waals surface area contributed by atoms with Crippen LogP contribution in [0.25, 0.3) is 5.82 Å². The molecular formula is C18H21N7O2. The SMILES string of the molecule is Cn1ccnc(N2CCC(Cn3nc(-n4cccn4)ccc3=O)CC2)c1=O. The molecule has 0 saturated carbocycles. The average molecular weight is 367 g/mol. The van der Waals surface area contributed by atoms with Gasteiger partial charge in [0.25, 0.3) is 11.1 Å². The van der Waals surface area contributed by atoms with E-state index in [9.17, 15) is 9.59 Å². The van der Waals surface area contributed by atoms with Crippen LogP contribution in [0.2, 0.25) is 0 Å². The molecule has 0 spiro atoms. The number of aromatic nitrogens is 6. The van der Waals surface area contributed by atoms with Crippen molar-refractivity contribution in [1.29, 1.82) is 0 Å². The third-order valence-corrected chi connectivity index (χ3v) is 4.94. The molecule has 1 fully saturated rings. The average Bonchev–Trinajstić information content (AvgIpc) is 3.21. The Morgan fingerprint density at radius 3 is 2.67 bits per heavy atom. The van der Waals surface area contributed by atoms with Crippen molar-refractivity contribution in [2.75, 3.05) is 18.0 Å². The van der Waals surface area contributed by atoms with Crippen molar-refractivity contribution >= 4 is 5.82 Å². The first kappa shape index (κ1) is 17.2. The van der Waals surface area contributed by atoms with Crippen LogP contribution in [0.5, 0.6) is 0 Å². The zero-order valence-electron chi connectivity index (χ0n) is 15.1. The summed E-state index contributed by atoms with van der Waals surface area (Å²) in [6.07, 6.45) is 8.52. The first-order valence-corrected chi connectivity index (χ1v) is 8.96. The summed E-state index contributed by atoms with van der Waals surface area (Å²) in [5, 5.41) is 8.59. The molecule has 4 heterocycles. The lowest BCUT2D eigenvalue weighted by Crippen LogP contribution is -2.40. The summed E-state index contributed by atoms with van der Waals surface area (Å²) in [6.45, 7) is 2.04. The summed E-state index contributed by atoms with van der Waals surface area (Å²) >= 11 is 0. The highest BCUT2D eigenvalue weighted by atomic mass is 16.1. The topological polar surface area (TPSA) is 90.8 Å². The molecule has 4 rings (SSSR count). The van der Waals surface area contributed by atoms with Gasteiger partial charge < -0.3 is 9.47 Å². The summed E-state index contributed by atoms with van der Waals surface area (Å²) in [5.74, 6) is 1.44. The van der Waals surface area contributed by atoms with Crippen molar-refractivity contribution in [3.63, 3.8) is 0 Å². The molecule has 0 aliphatic carbocycles. The maximum Gasteiger partial charge on any atom is 0.293 e. The van der Waals surface area contributed by atoms with E-state index in [0.29, 0.717) is 24.1 Å². The monoisotopic (exact) mass is 367 g/mol. The second-order valence-electron chi connectivity index (χ2n) is 6.76. The smallest absolute Gasteiger partial charge is 0.293 e. The summed E-state index contributed by atoms with van der Waals surface area (Å²) in [4.78, 5) is 30.7. The van der Waals surface area contributed by atoms with E-state index in [1.165, 1.54) is 10.7 Å². The largest absolute Gasteiger partial charge is 0.352 e. The Kier molecular flexibility index (Phi) is 4.57. The molecule has 0 N–H and O–H groups in total. The summed E-state index contributed by atoms with van der Waals surface area (Å²) in [6, 6.07) is 5.01. The van der Waals surface area contributed by atoms with Crippen LogP contribution in [0, 0.1) is 5.92 Å². The van der Waals surface area contributed by atoms with Crippen LogP contribution < -0.4 is 16.0 Å². The van der Waals surface area contributed by atoms with E-state index in [2.05, 4.69) is 15.2 Å². The number of anilines is 1. The van der Waals surface area contributed by atoms with E-state index in [-0.39, 0.29) is 11.1 Å². The maximum absolute atomic E-state index is 12.2. The van der Waals surface area contributed by atoms with Crippen LogP contribution in [0.4, 0.5) is 5.82 Å². The van der Waals surface area contributed by atoms with E-state index in [0.717, 1.165) is 25.9 Å². The van der Waals surface area contributed by atoms with Crippen molar-refractivity contribution in [3.8, 4) is 5.82 Å². The Bertz CT molecular complexity index is 1030. The Balaban J connectivity index is 1.45. The molecule has 9 nitrogen and oxygen atoms in total. The molecule has 1 aliphatic heterocycles. The fourth-order valence-corrected chi connectivity index (χ4v) is 3.37. The van der Waals surface area contributed by atoms with Crippen molar-refractivity contribution in [2.45, 2.75) is 19.4 Å². The van der Waals surface area contributed by atoms with Crippen molar-refractivity contribution in [2.24, 2.45) is 13.0 Å². The first-order chi connectivity index (χ1) is 13.1. The number of hydrogen-bond acceptors (Lipinski definition) is 6. The second kappa shape index (κ2) is 7.18. The number of rotatable bonds is 4. The molecular weight excluding hydrogens is 346 g/mol. The van der Waals surface area contributed by atoms with Gasteiger partial charge in [-0.15, -0.1) is 5.10 Å². The third kappa shape index (κ3) is 3.53. The molecule has 3 aromatic heterocycles. The highest BCUT2D eigenvalue weighted by Gasteiger charge is 2.23. The standard InChI is InChI=1S/C18H21N7O2/c1-22-12-8-19-17(18(22)27)23-10-5-14(6-11-23)13-25-16(26)4-3-15(21-25)24-9-2-7-20-24/h2-4,7-9,12,14H,5-6,10-11,13H2,1H3. The maximum atomic E-state index is 12.2. The Morgan fingerprint density at radius 1 is 1.11 bits per heavy atom. The molecule has 0 atom stereocenters. The zero-order valence-corrected chi connectivity index (χ0v) is 15.1. The summed E-state index contributed by atoms with van der Waals surface area (Å²) in [7, 11) is 1.73. The molecule has 0 bridgehead atoms. The van der Waals surface area contributed by atoms with Gasteiger partial charge in [-0.25, -0.2) is 14.3 Å². The first-order valence-electron chi connectivity index (χ1n) is 8.96. The fourth-order valence-electron chi connectivity index (χ4n) is 3.37. The van der Waals surface area contributed by atoms with Crippen molar-refractivity contribution in [3.05, 3.63) is 63.7 Å². The van der Waals surface area contributed by atoms with Gasteiger partial charge in [0.1, 0.15) is 0 Å². The molecule has 1 aliphatic rings. The minimum Gasteiger partial charge on any atom is -0.352 e. The highest BCUT2D eigenvalue weighted by molar-refractivity contribution is 5.36. The van der Waals surface area contributed by atoms with Crippen molar-refractivity contribution in [1.82, 2.24) is 29.1 Å². The quantitative estimate of drug-likeness (QED) is 0.665. The van der Waals surface area contributed by atoms with E-state index >= 15 is 0 Å². The molecule has 0 aromatic carbocycles. The van der Waals surface area contributed by atoms with Gasteiger partial charge in [0.05, 0.1) is 0 Å². The van der Waals surface area contributed by atoms with Gasteiger partial charge in [0, 0.05) is 57.5 Å². The van der Waals surface area contributed by atoms with Crippen LogP contribution in [0.1, 0.15) is 12.8 Å². The summed E-state index contributed by atoms with van der Waals surface area (Å²) < 4.78 is 4.69. The molecule has 27 heavy (non-hydrogen) atoms. The number of piperidine rings is 1. The van der Waals surface area contributed by atoms with Gasteiger partial charge in [-0.05, 0) is 30.9 Å². The van der Waals surface area contributed by atoms with E-state index < -0.39 is 0 Å². The van der Waals surface area contributed by atoms with Crippen molar-refractivity contribution < 1.29 is 0 Å². The van der Waals surface area contributed by atoms with Gasteiger partial charge >= 0.3 is 0 Å². The summed E-state index contributed by atoms with van der Waals surface area (Å²) in [5.41, 5.74) is -0.201. The molecule has 0 amide bonds. The highest BCUT2D eigenvalue weighted by Crippen LogP contribution is 2.20. The van der Waals surface area contributed by atoms with E-state index in [4.69, 9.17) is 0 Å². The molecule has 3 aromatic rings. The lowest BCUT2D eigenvalue weighted by molar-refractivity contribution is 0.333. The third-order valence-electron chi connectivity index (χ3n) is 4.94. The minimum absolute atomic E-state index is 0.0826. The fraction of sp³-hybridized carbons (Fsp3) is 0.389. The number of aryl methyl sites for hydroxylation is 1. The molecule has 0 radical (unpaired) electrons. The van der Waals surface area contributed by atoms with Crippen LogP contribution in [0.3, 0.4) is 0 Å². The second-order valence-corrected chi connectivity index (χ2v) is 6.76. The molecule has 9 heteroatoms. The van der Waals surface area contributed by atoms with E-state index in [1.807, 2.05) is 11.0 Å². The molecule has 0 unspecified atom stereocenters. The number of nitrogens with zero attached hydrogens (tertiary/aromatic N) is 7. The van der Waals surface area contributed by atoms with Gasteiger partial charge in [0.2, 0.25) is 0 Å². The normalized spacial score (nSPS) is 15.2. The minimum atomic E-state index is -0.119. The van der Waals surface area contributed by atoms with Crippen LogP contribution in [-0.2, 0) is 13.6 Å². The number of hydrogen-bond donors (Lipinski definition) is 0. The van der Waals surface area contributed by atoms with Gasteiger partial charge in [-0.3, -0.25) is 9.59 Å². The lowest BCUT2D eigenvalue weighted by Gasteiger charge is -2.32. The van der Waals surface area contributed by atoms with Crippen LogP contribution >= 0.6 is 0 Å². The van der Waals surface area contributed by atoms with Crippen LogP contribution in [0.15, 0.2) is 52.6 Å². The van der Waals surface area contributed by atoms with Gasteiger partial charge in [0.15, 0.2) is 11.6 Å². The molecule has 140 valence electrons. The predicted molar refractivity (Wildman–Crippen MR) is 100 cm³/mol. The molecule has 1 saturated heterocycles. The lowest BCUT2D eigenvalue weighted by atomic mass is 9.97. The van der Waals surface area contributed by atoms with Gasteiger partial charge in [-0.1, -0.05) is 0 Å². The Hall–Kier alpha value is -3.23. The zero-order chi connectivity index (χ0) is 18.8. The van der Waals surface area contributed by atoms with Crippen LogP contribution in [-0.4, -0.2) is 42.2 Å². The Morgan fingerprint density at radius 2 is 1.93 bits per heavy atom. The van der Waals surface area contributed by atoms with E-state index in [1.54, 1.807) is 47.2 Å². The van der Waals surface area contributed by atoms with Gasteiger partial charge in [-0.2, -0.15) is 5.10 Å².